The predicted octanol–water partition coefficient (Wildman–Crippen LogP) is 2.70. The Morgan fingerprint density at radius 2 is 1.76 bits per heavy atom. The number of carbonyl (C=O) groups is 2. The Morgan fingerprint density at radius 1 is 1.10 bits per heavy atom. The summed E-state index contributed by atoms with van der Waals surface area (Å²) >= 11 is 5.83. The van der Waals surface area contributed by atoms with Gasteiger partial charge in [0.25, 0.3) is 11.5 Å². The maximum absolute atomic E-state index is 13.3. The Bertz CT molecular complexity index is 1110. The van der Waals surface area contributed by atoms with Gasteiger partial charge in [-0.05, 0) is 48.5 Å². The maximum Gasteiger partial charge on any atom is 0.267 e. The zero-order valence-electron chi connectivity index (χ0n) is 15.3. The molecule has 7 nitrogen and oxygen atoms in total. The fourth-order valence-electron chi connectivity index (χ4n) is 2.64. The average Bonchev–Trinajstić information content (AvgIpc) is 2.71. The zero-order chi connectivity index (χ0) is 21.0. The van der Waals surface area contributed by atoms with E-state index in [4.69, 9.17) is 11.6 Å². The molecule has 2 amide bonds. The second-order valence-corrected chi connectivity index (χ2v) is 6.46. The molecule has 0 bridgehead atoms. The molecule has 148 valence electrons. The third-order valence-electron chi connectivity index (χ3n) is 4.05. The number of amides is 2. The lowest BCUT2D eigenvalue weighted by atomic mass is 10.2. The Balaban J connectivity index is 2.00. The first-order valence-electron chi connectivity index (χ1n) is 8.52. The van der Waals surface area contributed by atoms with E-state index in [1.807, 2.05) is 0 Å². The van der Waals surface area contributed by atoms with Crippen LogP contribution >= 0.6 is 11.6 Å². The summed E-state index contributed by atoms with van der Waals surface area (Å²) in [4.78, 5) is 41.5. The highest BCUT2D eigenvalue weighted by atomic mass is 35.5. The third-order valence-corrected chi connectivity index (χ3v) is 4.30. The highest BCUT2D eigenvalue weighted by Gasteiger charge is 2.18. The van der Waals surface area contributed by atoms with Crippen molar-refractivity contribution in [3.05, 3.63) is 81.5 Å². The minimum absolute atomic E-state index is 0.133. The monoisotopic (exact) mass is 414 g/mol. The number of benzene rings is 2. The van der Waals surface area contributed by atoms with Crippen molar-refractivity contribution in [3.8, 4) is 11.4 Å². The summed E-state index contributed by atoms with van der Waals surface area (Å²) in [7, 11) is 1.38. The van der Waals surface area contributed by atoms with E-state index in [9.17, 15) is 18.8 Å². The summed E-state index contributed by atoms with van der Waals surface area (Å²) in [6, 6.07) is 11.8. The van der Waals surface area contributed by atoms with Crippen molar-refractivity contribution < 1.29 is 14.0 Å². The number of anilines is 1. The molecular formula is C20H16ClFN4O3. The van der Waals surface area contributed by atoms with Crippen molar-refractivity contribution in [1.82, 2.24) is 14.9 Å². The van der Waals surface area contributed by atoms with Gasteiger partial charge >= 0.3 is 0 Å². The van der Waals surface area contributed by atoms with Crippen LogP contribution in [-0.2, 0) is 11.3 Å². The van der Waals surface area contributed by atoms with Gasteiger partial charge in [0, 0.05) is 29.5 Å². The summed E-state index contributed by atoms with van der Waals surface area (Å²) in [6.07, 6.45) is 1.13. The van der Waals surface area contributed by atoms with E-state index in [1.165, 1.54) is 31.3 Å². The molecule has 0 saturated heterocycles. The molecule has 0 radical (unpaired) electrons. The second kappa shape index (κ2) is 8.66. The molecule has 0 aliphatic rings. The largest absolute Gasteiger partial charge is 0.355 e. The van der Waals surface area contributed by atoms with Gasteiger partial charge in [-0.3, -0.25) is 19.0 Å². The van der Waals surface area contributed by atoms with Gasteiger partial charge in [0.2, 0.25) is 5.91 Å². The number of aromatic nitrogens is 2. The summed E-state index contributed by atoms with van der Waals surface area (Å²) in [5.41, 5.74) is 0.0139. The molecular weight excluding hydrogens is 399 g/mol. The van der Waals surface area contributed by atoms with Gasteiger partial charge in [-0.1, -0.05) is 11.6 Å². The number of halogens is 2. The number of hydrogen-bond donors (Lipinski definition) is 2. The summed E-state index contributed by atoms with van der Waals surface area (Å²) < 4.78 is 14.3. The molecule has 1 aromatic heterocycles. The van der Waals surface area contributed by atoms with E-state index < -0.39 is 29.7 Å². The SMILES string of the molecule is CNC(=O)c1cnc(-c2ccc(F)cc2)n(CC(=O)Nc2ccc(Cl)cc2)c1=O. The minimum atomic E-state index is -0.690. The van der Waals surface area contributed by atoms with Crippen LogP contribution in [0.5, 0.6) is 0 Å². The first-order valence-corrected chi connectivity index (χ1v) is 8.90. The molecule has 0 saturated carbocycles. The standard InChI is InChI=1S/C20H16ClFN4O3/c1-23-19(28)16-10-24-18(12-2-6-14(22)7-3-12)26(20(16)29)11-17(27)25-15-8-4-13(21)5-9-15/h2-10H,11H2,1H3,(H,23,28)(H,25,27). The number of rotatable bonds is 5. The summed E-state index contributed by atoms with van der Waals surface area (Å²) in [5, 5.41) is 5.52. The predicted molar refractivity (Wildman–Crippen MR) is 107 cm³/mol. The molecule has 0 aliphatic carbocycles. The van der Waals surface area contributed by atoms with Gasteiger partial charge in [0.1, 0.15) is 23.7 Å². The molecule has 0 spiro atoms. The molecule has 0 fully saturated rings. The van der Waals surface area contributed by atoms with Crippen molar-refractivity contribution >= 4 is 29.1 Å². The van der Waals surface area contributed by atoms with Gasteiger partial charge in [-0.2, -0.15) is 0 Å². The smallest absolute Gasteiger partial charge is 0.267 e. The molecule has 2 aromatic carbocycles. The van der Waals surface area contributed by atoms with Crippen molar-refractivity contribution in [2.24, 2.45) is 0 Å². The van der Waals surface area contributed by atoms with Crippen LogP contribution in [0.15, 0.2) is 59.5 Å². The van der Waals surface area contributed by atoms with E-state index in [0.29, 0.717) is 16.3 Å². The van der Waals surface area contributed by atoms with Crippen LogP contribution in [0, 0.1) is 5.82 Å². The third kappa shape index (κ3) is 4.67. The number of nitrogens with one attached hydrogen (secondary N) is 2. The Labute approximate surface area is 170 Å². The van der Waals surface area contributed by atoms with E-state index in [-0.39, 0.29) is 11.4 Å². The van der Waals surface area contributed by atoms with Gasteiger partial charge in [0.15, 0.2) is 0 Å². The van der Waals surface area contributed by atoms with Crippen LogP contribution < -0.4 is 16.2 Å². The fraction of sp³-hybridized carbons (Fsp3) is 0.100. The lowest BCUT2D eigenvalue weighted by molar-refractivity contribution is -0.116. The zero-order valence-corrected chi connectivity index (χ0v) is 16.0. The minimum Gasteiger partial charge on any atom is -0.355 e. The molecule has 3 rings (SSSR count). The van der Waals surface area contributed by atoms with Gasteiger partial charge < -0.3 is 10.6 Å². The molecule has 0 unspecified atom stereocenters. The first-order chi connectivity index (χ1) is 13.9. The lowest BCUT2D eigenvalue weighted by Crippen LogP contribution is -2.35. The number of nitrogens with zero attached hydrogens (tertiary/aromatic N) is 2. The van der Waals surface area contributed by atoms with E-state index in [1.54, 1.807) is 24.3 Å². The van der Waals surface area contributed by atoms with Gasteiger partial charge in [-0.25, -0.2) is 9.37 Å². The van der Waals surface area contributed by atoms with Crippen LogP contribution in [0.25, 0.3) is 11.4 Å². The lowest BCUT2D eigenvalue weighted by Gasteiger charge is -2.14. The number of carbonyl (C=O) groups excluding carboxylic acids is 2. The second-order valence-electron chi connectivity index (χ2n) is 6.03. The van der Waals surface area contributed by atoms with Gasteiger partial charge in [-0.15, -0.1) is 0 Å². The fourth-order valence-corrected chi connectivity index (χ4v) is 2.76. The van der Waals surface area contributed by atoms with Gasteiger partial charge in [0.05, 0.1) is 0 Å². The van der Waals surface area contributed by atoms with Crippen molar-refractivity contribution in [1.29, 1.82) is 0 Å². The van der Waals surface area contributed by atoms with E-state index in [2.05, 4.69) is 15.6 Å². The average molecular weight is 415 g/mol. The Kier molecular flexibility index (Phi) is 6.04. The molecule has 0 atom stereocenters. The summed E-state index contributed by atoms with van der Waals surface area (Å²) in [5.74, 6) is -1.45. The highest BCUT2D eigenvalue weighted by molar-refractivity contribution is 6.30. The van der Waals surface area contributed by atoms with Crippen molar-refractivity contribution in [2.75, 3.05) is 12.4 Å². The Hall–Kier alpha value is -3.52. The van der Waals surface area contributed by atoms with Crippen LogP contribution in [-0.4, -0.2) is 28.4 Å². The van der Waals surface area contributed by atoms with Crippen LogP contribution in [0.1, 0.15) is 10.4 Å². The molecule has 29 heavy (non-hydrogen) atoms. The van der Waals surface area contributed by atoms with Crippen LogP contribution in [0.4, 0.5) is 10.1 Å². The molecule has 9 heteroatoms. The topological polar surface area (TPSA) is 93.1 Å². The molecule has 2 N–H and O–H groups in total. The van der Waals surface area contributed by atoms with E-state index >= 15 is 0 Å². The normalized spacial score (nSPS) is 10.4. The number of hydrogen-bond acceptors (Lipinski definition) is 4. The van der Waals surface area contributed by atoms with Crippen LogP contribution in [0.2, 0.25) is 5.02 Å². The Morgan fingerprint density at radius 3 is 2.38 bits per heavy atom. The maximum atomic E-state index is 13.3. The summed E-state index contributed by atoms with van der Waals surface area (Å²) in [6.45, 7) is -0.397. The highest BCUT2D eigenvalue weighted by Crippen LogP contribution is 2.17. The molecule has 0 aliphatic heterocycles. The quantitative estimate of drug-likeness (QED) is 0.671. The van der Waals surface area contributed by atoms with Crippen molar-refractivity contribution in [3.63, 3.8) is 0 Å². The van der Waals surface area contributed by atoms with E-state index in [0.717, 1.165) is 10.8 Å². The molecule has 3 aromatic rings. The van der Waals surface area contributed by atoms with Crippen molar-refractivity contribution in [2.45, 2.75) is 6.54 Å². The first kappa shape index (κ1) is 20.2. The molecule has 1 heterocycles. The van der Waals surface area contributed by atoms with Crippen LogP contribution in [0.3, 0.4) is 0 Å².